The zero-order chi connectivity index (χ0) is 11.3. The molecule has 1 aliphatic carbocycles. The maximum absolute atomic E-state index is 10.1. The Morgan fingerprint density at radius 1 is 1.60 bits per heavy atom. The van der Waals surface area contributed by atoms with Gasteiger partial charge < -0.3 is 9.84 Å². The Kier molecular flexibility index (Phi) is 5.34. The lowest BCUT2D eigenvalue weighted by Crippen LogP contribution is -2.25. The first kappa shape index (κ1) is 12.7. The second-order valence-corrected chi connectivity index (χ2v) is 4.89. The summed E-state index contributed by atoms with van der Waals surface area (Å²) in [5, 5.41) is 10.1. The van der Waals surface area contributed by atoms with Gasteiger partial charge in [-0.1, -0.05) is 18.6 Å². The predicted molar refractivity (Wildman–Crippen MR) is 62.8 cm³/mol. The van der Waals surface area contributed by atoms with Crippen molar-refractivity contribution < 1.29 is 9.84 Å². The van der Waals surface area contributed by atoms with E-state index in [1.54, 1.807) is 7.11 Å². The second-order valence-electron chi connectivity index (χ2n) is 4.89. The first-order valence-corrected chi connectivity index (χ1v) is 5.97. The van der Waals surface area contributed by atoms with Crippen molar-refractivity contribution in [3.63, 3.8) is 0 Å². The van der Waals surface area contributed by atoms with Crippen molar-refractivity contribution in [1.29, 1.82) is 0 Å². The monoisotopic (exact) mass is 212 g/mol. The van der Waals surface area contributed by atoms with Gasteiger partial charge in [-0.05, 0) is 44.4 Å². The van der Waals surface area contributed by atoms with Crippen LogP contribution in [0.4, 0.5) is 0 Å². The quantitative estimate of drug-likeness (QED) is 0.561. The molecule has 0 aromatic heterocycles. The van der Waals surface area contributed by atoms with E-state index in [0.717, 1.165) is 32.3 Å². The fourth-order valence-corrected chi connectivity index (χ4v) is 2.56. The Morgan fingerprint density at radius 2 is 2.33 bits per heavy atom. The summed E-state index contributed by atoms with van der Waals surface area (Å²) in [4.78, 5) is 0. The van der Waals surface area contributed by atoms with Crippen LogP contribution in [0.25, 0.3) is 0 Å². The highest BCUT2D eigenvalue weighted by Gasteiger charge is 2.24. The van der Waals surface area contributed by atoms with Gasteiger partial charge in [0.15, 0.2) is 0 Å². The Hall–Kier alpha value is -0.340. The summed E-state index contributed by atoms with van der Waals surface area (Å²) in [6, 6.07) is 0. The van der Waals surface area contributed by atoms with E-state index in [-0.39, 0.29) is 6.10 Å². The van der Waals surface area contributed by atoms with Gasteiger partial charge in [0.1, 0.15) is 0 Å². The van der Waals surface area contributed by atoms with Crippen molar-refractivity contribution >= 4 is 0 Å². The Balaban J connectivity index is 2.33. The number of hydrogen-bond donors (Lipinski definition) is 1. The molecule has 0 aliphatic heterocycles. The fourth-order valence-electron chi connectivity index (χ4n) is 2.56. The van der Waals surface area contributed by atoms with Gasteiger partial charge in [0, 0.05) is 13.7 Å². The molecule has 2 nitrogen and oxygen atoms in total. The van der Waals surface area contributed by atoms with Crippen LogP contribution in [-0.4, -0.2) is 24.9 Å². The van der Waals surface area contributed by atoms with Crippen molar-refractivity contribution in [2.24, 2.45) is 11.8 Å². The molecule has 0 heterocycles. The molecule has 15 heavy (non-hydrogen) atoms. The van der Waals surface area contributed by atoms with Gasteiger partial charge in [-0.2, -0.15) is 0 Å². The van der Waals surface area contributed by atoms with Gasteiger partial charge in [-0.3, -0.25) is 0 Å². The van der Waals surface area contributed by atoms with Crippen LogP contribution >= 0.6 is 0 Å². The molecular formula is C13H24O2. The van der Waals surface area contributed by atoms with Crippen LogP contribution in [0.5, 0.6) is 0 Å². The Labute approximate surface area is 93.3 Å². The average Bonchev–Trinajstić information content (AvgIpc) is 2.16. The average molecular weight is 212 g/mol. The molecular weight excluding hydrogens is 188 g/mol. The van der Waals surface area contributed by atoms with E-state index >= 15 is 0 Å². The summed E-state index contributed by atoms with van der Waals surface area (Å²) in [5.41, 5.74) is 1.43. The minimum atomic E-state index is -0.147. The van der Waals surface area contributed by atoms with Gasteiger partial charge in [0.05, 0.1) is 6.10 Å². The van der Waals surface area contributed by atoms with Crippen molar-refractivity contribution in [3.8, 4) is 0 Å². The van der Waals surface area contributed by atoms with Crippen molar-refractivity contribution in [2.45, 2.75) is 45.6 Å². The third-order valence-electron chi connectivity index (χ3n) is 3.22. The van der Waals surface area contributed by atoms with Crippen molar-refractivity contribution in [2.75, 3.05) is 13.7 Å². The summed E-state index contributed by atoms with van der Waals surface area (Å²) in [7, 11) is 1.71. The Bertz CT molecular complexity index is 211. The van der Waals surface area contributed by atoms with E-state index in [1.807, 2.05) is 0 Å². The highest BCUT2D eigenvalue weighted by Crippen LogP contribution is 2.31. The molecule has 0 saturated carbocycles. The molecule has 0 radical (unpaired) electrons. The molecule has 1 rings (SSSR count). The van der Waals surface area contributed by atoms with Crippen LogP contribution in [-0.2, 0) is 4.74 Å². The number of rotatable bonds is 5. The maximum Gasteiger partial charge on any atom is 0.0572 e. The summed E-state index contributed by atoms with van der Waals surface area (Å²) in [5.74, 6) is 1.09. The van der Waals surface area contributed by atoms with Crippen molar-refractivity contribution in [1.82, 2.24) is 0 Å². The molecule has 2 heteroatoms. The van der Waals surface area contributed by atoms with E-state index in [2.05, 4.69) is 19.9 Å². The van der Waals surface area contributed by atoms with Crippen LogP contribution in [0, 0.1) is 11.8 Å². The van der Waals surface area contributed by atoms with Gasteiger partial charge in [-0.25, -0.2) is 0 Å². The molecule has 0 bridgehead atoms. The first-order chi connectivity index (χ1) is 7.13. The molecule has 0 amide bonds. The van der Waals surface area contributed by atoms with Gasteiger partial charge in [0.2, 0.25) is 0 Å². The number of allylic oxidation sites excluding steroid dienone is 2. The molecule has 3 unspecified atom stereocenters. The lowest BCUT2D eigenvalue weighted by molar-refractivity contribution is 0.0735. The van der Waals surface area contributed by atoms with Crippen LogP contribution < -0.4 is 0 Å². The normalized spacial score (nSPS) is 28.7. The maximum atomic E-state index is 10.1. The van der Waals surface area contributed by atoms with Gasteiger partial charge in [-0.15, -0.1) is 0 Å². The number of ether oxygens (including phenoxy) is 1. The molecule has 3 atom stereocenters. The van der Waals surface area contributed by atoms with Crippen LogP contribution in [0.3, 0.4) is 0 Å². The predicted octanol–water partition coefficient (Wildman–Crippen LogP) is 2.77. The van der Waals surface area contributed by atoms with E-state index < -0.39 is 0 Å². The summed E-state index contributed by atoms with van der Waals surface area (Å²) < 4.78 is 5.00. The van der Waals surface area contributed by atoms with E-state index in [9.17, 15) is 5.11 Å². The second kappa shape index (κ2) is 6.29. The standard InChI is InChI=1S/C13H24O2/c1-10-7-11(2)9-12(8-10)13(14)5-4-6-15-3/h7,10,12-14H,4-6,8-9H2,1-3H3. The summed E-state index contributed by atoms with van der Waals surface area (Å²) in [6.07, 6.45) is 6.22. The Morgan fingerprint density at radius 3 is 2.93 bits per heavy atom. The lowest BCUT2D eigenvalue weighted by atomic mass is 9.79. The summed E-state index contributed by atoms with van der Waals surface area (Å²) in [6.45, 7) is 5.16. The zero-order valence-corrected chi connectivity index (χ0v) is 10.2. The third-order valence-corrected chi connectivity index (χ3v) is 3.22. The van der Waals surface area contributed by atoms with Crippen LogP contribution in [0.15, 0.2) is 11.6 Å². The SMILES string of the molecule is COCCCC(O)C1CC(C)=CC(C)C1. The molecule has 1 N–H and O–H groups in total. The lowest BCUT2D eigenvalue weighted by Gasteiger charge is -2.29. The van der Waals surface area contributed by atoms with E-state index in [1.165, 1.54) is 5.57 Å². The first-order valence-electron chi connectivity index (χ1n) is 5.97. The topological polar surface area (TPSA) is 29.5 Å². The largest absolute Gasteiger partial charge is 0.393 e. The molecule has 0 spiro atoms. The molecule has 0 aromatic carbocycles. The van der Waals surface area contributed by atoms with E-state index in [0.29, 0.717) is 11.8 Å². The van der Waals surface area contributed by atoms with Crippen LogP contribution in [0.1, 0.15) is 39.5 Å². The highest BCUT2D eigenvalue weighted by molar-refractivity contribution is 5.07. The number of methoxy groups -OCH3 is 1. The number of hydrogen-bond acceptors (Lipinski definition) is 2. The fraction of sp³-hybridized carbons (Fsp3) is 0.846. The smallest absolute Gasteiger partial charge is 0.0572 e. The van der Waals surface area contributed by atoms with Gasteiger partial charge >= 0.3 is 0 Å². The third kappa shape index (κ3) is 4.35. The molecule has 0 fully saturated rings. The van der Waals surface area contributed by atoms with E-state index in [4.69, 9.17) is 4.74 Å². The zero-order valence-electron chi connectivity index (χ0n) is 10.2. The van der Waals surface area contributed by atoms with Gasteiger partial charge in [0.25, 0.3) is 0 Å². The molecule has 88 valence electrons. The number of aliphatic hydroxyl groups is 1. The van der Waals surface area contributed by atoms with Crippen LogP contribution in [0.2, 0.25) is 0 Å². The van der Waals surface area contributed by atoms with Crippen molar-refractivity contribution in [3.05, 3.63) is 11.6 Å². The molecule has 0 aromatic rings. The molecule has 1 aliphatic rings. The highest BCUT2D eigenvalue weighted by atomic mass is 16.5. The number of aliphatic hydroxyl groups excluding tert-OH is 1. The minimum absolute atomic E-state index is 0.147. The minimum Gasteiger partial charge on any atom is -0.393 e. The molecule has 0 saturated heterocycles. The summed E-state index contributed by atoms with van der Waals surface area (Å²) >= 11 is 0.